The lowest BCUT2D eigenvalue weighted by Gasteiger charge is -2.20. The van der Waals surface area contributed by atoms with Gasteiger partial charge in [-0.05, 0) is 53.9 Å². The van der Waals surface area contributed by atoms with Gasteiger partial charge < -0.3 is 10.1 Å². The van der Waals surface area contributed by atoms with Crippen molar-refractivity contribution in [2.75, 3.05) is 7.11 Å². The van der Waals surface area contributed by atoms with Gasteiger partial charge in [-0.25, -0.2) is 4.68 Å². The molecule has 0 aliphatic heterocycles. The maximum absolute atomic E-state index is 13.9. The smallest absolute Gasteiger partial charge is 0.270 e. The topological polar surface area (TPSA) is 56.1 Å². The van der Waals surface area contributed by atoms with E-state index in [0.717, 1.165) is 16.7 Å². The Balaban J connectivity index is 1.55. The first-order valence-electron chi connectivity index (χ1n) is 12.1. The standard InChI is InChI=1S/C31H25Cl2N3O2/c1-38-25-14-8-13-23(18-25)29-20-30(36(35-29)24-15-16-26(32)27(33)19-24)31(37)34-28(22-11-6-3-7-12-22)17-21-9-4-2-5-10-21/h2-16,18-20,28H,17H2,1H3,(H,34,37). The Kier molecular flexibility index (Phi) is 7.78. The van der Waals surface area contributed by atoms with Gasteiger partial charge in [-0.15, -0.1) is 0 Å². The summed E-state index contributed by atoms with van der Waals surface area (Å²) in [6.07, 6.45) is 0.639. The third-order valence-corrected chi connectivity index (χ3v) is 6.98. The number of hydrogen-bond donors (Lipinski definition) is 1. The summed E-state index contributed by atoms with van der Waals surface area (Å²) < 4.78 is 6.98. The molecule has 0 radical (unpaired) electrons. The Morgan fingerprint density at radius 1 is 0.868 bits per heavy atom. The summed E-state index contributed by atoms with van der Waals surface area (Å²) in [6.45, 7) is 0. The number of methoxy groups -OCH3 is 1. The predicted molar refractivity (Wildman–Crippen MR) is 152 cm³/mol. The minimum absolute atomic E-state index is 0.247. The first kappa shape index (κ1) is 25.6. The number of nitrogens with zero attached hydrogens (tertiary/aromatic N) is 2. The van der Waals surface area contributed by atoms with E-state index in [1.807, 2.05) is 72.8 Å². The number of carbonyl (C=O) groups excluding carboxylic acids is 1. The van der Waals surface area contributed by atoms with Crippen LogP contribution in [0.3, 0.4) is 0 Å². The van der Waals surface area contributed by atoms with Crippen LogP contribution in [0, 0.1) is 0 Å². The minimum atomic E-state index is -0.262. The summed E-state index contributed by atoms with van der Waals surface area (Å²) in [5, 5.41) is 8.82. The Bertz CT molecular complexity index is 1550. The molecule has 0 saturated heterocycles. The molecule has 0 aliphatic rings. The van der Waals surface area contributed by atoms with Crippen molar-refractivity contribution in [3.8, 4) is 22.7 Å². The van der Waals surface area contributed by atoms with Gasteiger partial charge in [-0.2, -0.15) is 5.10 Å². The minimum Gasteiger partial charge on any atom is -0.497 e. The fourth-order valence-electron chi connectivity index (χ4n) is 4.30. The van der Waals surface area contributed by atoms with E-state index in [2.05, 4.69) is 17.4 Å². The van der Waals surface area contributed by atoms with Gasteiger partial charge in [0.1, 0.15) is 11.4 Å². The van der Waals surface area contributed by atoms with E-state index >= 15 is 0 Å². The van der Waals surface area contributed by atoms with Gasteiger partial charge in [0.05, 0.1) is 34.6 Å². The molecular formula is C31H25Cl2N3O2. The molecule has 5 nitrogen and oxygen atoms in total. The molecule has 0 bridgehead atoms. The number of carbonyl (C=O) groups is 1. The molecule has 0 saturated carbocycles. The van der Waals surface area contributed by atoms with Crippen LogP contribution in [0.5, 0.6) is 5.75 Å². The largest absolute Gasteiger partial charge is 0.497 e. The first-order chi connectivity index (χ1) is 18.5. The molecule has 190 valence electrons. The van der Waals surface area contributed by atoms with Crippen LogP contribution in [-0.4, -0.2) is 22.8 Å². The molecule has 0 aliphatic carbocycles. The molecule has 1 unspecified atom stereocenters. The average Bonchev–Trinajstić information content (AvgIpc) is 3.41. The summed E-state index contributed by atoms with van der Waals surface area (Å²) in [5.41, 5.74) is 4.57. The summed E-state index contributed by atoms with van der Waals surface area (Å²) in [5.74, 6) is 0.437. The quantitative estimate of drug-likeness (QED) is 0.220. The second-order valence-corrected chi connectivity index (χ2v) is 9.60. The number of ether oxygens (including phenoxy) is 1. The Hall–Kier alpha value is -4.06. The van der Waals surface area contributed by atoms with Crippen molar-refractivity contribution in [3.05, 3.63) is 136 Å². The Labute approximate surface area is 231 Å². The van der Waals surface area contributed by atoms with Crippen LogP contribution in [0.1, 0.15) is 27.7 Å². The molecule has 1 atom stereocenters. The van der Waals surface area contributed by atoms with Gasteiger partial charge >= 0.3 is 0 Å². The van der Waals surface area contributed by atoms with E-state index in [-0.39, 0.29) is 11.9 Å². The molecule has 1 heterocycles. The molecule has 38 heavy (non-hydrogen) atoms. The van der Waals surface area contributed by atoms with Crippen molar-refractivity contribution in [1.29, 1.82) is 0 Å². The summed E-state index contributed by atoms with van der Waals surface area (Å²) in [6, 6.07) is 34.3. The summed E-state index contributed by atoms with van der Waals surface area (Å²) in [7, 11) is 1.61. The SMILES string of the molecule is COc1cccc(-c2cc(C(=O)NC(Cc3ccccc3)c3ccccc3)n(-c3ccc(Cl)c(Cl)c3)n2)c1. The highest BCUT2D eigenvalue weighted by molar-refractivity contribution is 6.42. The first-order valence-corrected chi connectivity index (χ1v) is 12.9. The zero-order chi connectivity index (χ0) is 26.5. The lowest BCUT2D eigenvalue weighted by Crippen LogP contribution is -2.31. The predicted octanol–water partition coefficient (Wildman–Crippen LogP) is 7.57. The second-order valence-electron chi connectivity index (χ2n) is 8.78. The third kappa shape index (κ3) is 5.75. The average molecular weight is 542 g/mol. The number of hydrogen-bond acceptors (Lipinski definition) is 3. The third-order valence-electron chi connectivity index (χ3n) is 6.25. The van der Waals surface area contributed by atoms with Gasteiger partial charge in [0, 0.05) is 5.56 Å². The second kappa shape index (κ2) is 11.5. The normalized spacial score (nSPS) is 11.7. The van der Waals surface area contributed by atoms with Gasteiger partial charge in [0.2, 0.25) is 0 Å². The monoisotopic (exact) mass is 541 g/mol. The van der Waals surface area contributed by atoms with E-state index in [4.69, 9.17) is 33.0 Å². The van der Waals surface area contributed by atoms with Crippen molar-refractivity contribution >= 4 is 29.1 Å². The fourth-order valence-corrected chi connectivity index (χ4v) is 4.59. The van der Waals surface area contributed by atoms with Crippen molar-refractivity contribution in [2.24, 2.45) is 0 Å². The molecule has 0 spiro atoms. The van der Waals surface area contributed by atoms with E-state index in [0.29, 0.717) is 39.3 Å². The van der Waals surface area contributed by atoms with E-state index < -0.39 is 0 Å². The molecule has 1 amide bonds. The molecule has 0 fully saturated rings. The zero-order valence-corrected chi connectivity index (χ0v) is 22.2. The molecular weight excluding hydrogens is 517 g/mol. The number of nitrogens with one attached hydrogen (secondary N) is 1. The van der Waals surface area contributed by atoms with E-state index in [9.17, 15) is 4.79 Å². The molecule has 5 aromatic rings. The van der Waals surface area contributed by atoms with Crippen LogP contribution in [0.2, 0.25) is 10.0 Å². The molecule has 5 rings (SSSR count). The number of halogens is 2. The van der Waals surface area contributed by atoms with Crippen LogP contribution in [-0.2, 0) is 6.42 Å². The summed E-state index contributed by atoms with van der Waals surface area (Å²) in [4.78, 5) is 13.9. The maximum atomic E-state index is 13.9. The lowest BCUT2D eigenvalue weighted by atomic mass is 9.98. The highest BCUT2D eigenvalue weighted by Gasteiger charge is 2.22. The molecule has 7 heteroatoms. The van der Waals surface area contributed by atoms with Crippen molar-refractivity contribution in [1.82, 2.24) is 15.1 Å². The number of aromatic nitrogens is 2. The van der Waals surface area contributed by atoms with Gasteiger partial charge in [0.25, 0.3) is 5.91 Å². The van der Waals surface area contributed by atoms with Crippen molar-refractivity contribution in [3.63, 3.8) is 0 Å². The van der Waals surface area contributed by atoms with Gasteiger partial charge in [-0.1, -0.05) is 96.0 Å². The maximum Gasteiger partial charge on any atom is 0.270 e. The van der Waals surface area contributed by atoms with E-state index in [1.54, 1.807) is 36.1 Å². The Morgan fingerprint density at radius 2 is 1.61 bits per heavy atom. The van der Waals surface area contributed by atoms with Crippen LogP contribution < -0.4 is 10.1 Å². The Morgan fingerprint density at radius 3 is 2.32 bits per heavy atom. The highest BCUT2D eigenvalue weighted by Crippen LogP contribution is 2.29. The lowest BCUT2D eigenvalue weighted by molar-refractivity contribution is 0.0928. The van der Waals surface area contributed by atoms with Crippen LogP contribution >= 0.6 is 23.2 Å². The molecule has 4 aromatic carbocycles. The van der Waals surface area contributed by atoms with Crippen LogP contribution in [0.15, 0.2) is 109 Å². The fraction of sp³-hybridized carbons (Fsp3) is 0.0968. The van der Waals surface area contributed by atoms with Gasteiger partial charge in [-0.3, -0.25) is 4.79 Å². The number of amides is 1. The summed E-state index contributed by atoms with van der Waals surface area (Å²) >= 11 is 12.5. The van der Waals surface area contributed by atoms with Crippen LogP contribution in [0.4, 0.5) is 0 Å². The van der Waals surface area contributed by atoms with Gasteiger partial charge in [0.15, 0.2) is 0 Å². The highest BCUT2D eigenvalue weighted by atomic mass is 35.5. The number of rotatable bonds is 8. The molecule has 1 aromatic heterocycles. The van der Waals surface area contributed by atoms with Crippen LogP contribution in [0.25, 0.3) is 16.9 Å². The van der Waals surface area contributed by atoms with Crippen molar-refractivity contribution < 1.29 is 9.53 Å². The zero-order valence-electron chi connectivity index (χ0n) is 20.6. The number of benzene rings is 4. The molecule has 1 N–H and O–H groups in total. The van der Waals surface area contributed by atoms with Crippen molar-refractivity contribution in [2.45, 2.75) is 12.5 Å². The van der Waals surface area contributed by atoms with E-state index in [1.165, 1.54) is 0 Å².